The van der Waals surface area contributed by atoms with Crippen LogP contribution in [0, 0.1) is 31.6 Å². The molecule has 0 saturated carbocycles. The van der Waals surface area contributed by atoms with Crippen LogP contribution in [-0.2, 0) is 14.4 Å². The number of halogens is 1. The van der Waals surface area contributed by atoms with E-state index < -0.39 is 28.7 Å². The van der Waals surface area contributed by atoms with Gasteiger partial charge in [0.2, 0.25) is 11.8 Å². The zero-order valence-corrected chi connectivity index (χ0v) is 26.6. The highest BCUT2D eigenvalue weighted by Gasteiger charge is 2.76. The van der Waals surface area contributed by atoms with Crippen molar-refractivity contribution in [3.05, 3.63) is 54.6 Å². The molecular formula is C31H42BrN3O4S. The maximum absolute atomic E-state index is 14.9. The van der Waals surface area contributed by atoms with E-state index in [1.165, 1.54) is 0 Å². The third kappa shape index (κ3) is 4.96. The highest BCUT2D eigenvalue weighted by atomic mass is 79.9. The molecule has 3 aliphatic rings. The van der Waals surface area contributed by atoms with Crippen LogP contribution in [0.1, 0.15) is 37.8 Å². The first-order valence-electron chi connectivity index (χ1n) is 14.0. The number of hydrogen-bond donors (Lipinski definition) is 1. The number of carbonyl (C=O) groups is 3. The number of nitrogens with zero attached hydrogens (tertiary/aromatic N) is 3. The lowest BCUT2D eigenvalue weighted by atomic mass is 9.70. The summed E-state index contributed by atoms with van der Waals surface area (Å²) in [6.07, 6.45) is 4.53. The number of carbonyl (C=O) groups excluding carboxylic acids is 3. The Hall–Kier alpha value is -2.10. The molecule has 3 amide bonds. The Kier molecular flexibility index (Phi) is 9.27. The smallest absolute Gasteiger partial charge is 0.251 e. The van der Waals surface area contributed by atoms with Gasteiger partial charge in [-0.1, -0.05) is 60.1 Å². The molecule has 0 aromatic heterocycles. The fourth-order valence-corrected chi connectivity index (χ4v) is 10.8. The van der Waals surface area contributed by atoms with Crippen molar-refractivity contribution in [1.29, 1.82) is 0 Å². The van der Waals surface area contributed by atoms with E-state index >= 15 is 0 Å². The number of aliphatic hydroxyl groups excluding tert-OH is 1. The number of thioether (sulfide) groups is 1. The highest BCUT2D eigenvalue weighted by Crippen LogP contribution is 2.68. The molecule has 1 spiro atoms. The second-order valence-electron chi connectivity index (χ2n) is 11.9. The first kappa shape index (κ1) is 30.8. The van der Waals surface area contributed by atoms with E-state index in [9.17, 15) is 19.5 Å². The Morgan fingerprint density at radius 3 is 2.38 bits per heavy atom. The van der Waals surface area contributed by atoms with E-state index in [-0.39, 0.29) is 46.9 Å². The van der Waals surface area contributed by atoms with Gasteiger partial charge >= 0.3 is 0 Å². The van der Waals surface area contributed by atoms with Crippen LogP contribution in [-0.4, -0.2) is 86.3 Å². The second-order valence-corrected chi connectivity index (χ2v) is 14.6. The minimum atomic E-state index is -0.822. The summed E-state index contributed by atoms with van der Waals surface area (Å²) in [6, 6.07) is 4.58. The fraction of sp³-hybridized carbons (Fsp3) is 0.581. The van der Waals surface area contributed by atoms with Crippen molar-refractivity contribution in [2.24, 2.45) is 17.8 Å². The lowest BCUT2D eigenvalue weighted by molar-refractivity contribution is -0.145. The van der Waals surface area contributed by atoms with E-state index in [4.69, 9.17) is 0 Å². The zero-order chi connectivity index (χ0) is 29.5. The van der Waals surface area contributed by atoms with Crippen molar-refractivity contribution in [2.45, 2.75) is 67.4 Å². The molecule has 3 aliphatic heterocycles. The Balaban J connectivity index is 1.89. The maximum atomic E-state index is 14.9. The van der Waals surface area contributed by atoms with Crippen LogP contribution in [0.4, 0.5) is 5.69 Å². The molecule has 40 heavy (non-hydrogen) atoms. The van der Waals surface area contributed by atoms with E-state index in [0.717, 1.165) is 16.8 Å². The standard InChI is InChI=1S/C31H42BrN3O4S/c1-8-13-33(7)28(37)23-24-29(38)35(21(17-36)15-18(3)4)27(31(24)16-22(32)26(23)40-31)30(39)34(14-9-2)25-19(5)11-10-12-20(25)6/h8-12,18,21-24,26-27,36H,1-2,13-17H2,3-7H3/t21-,22?,23-,24+,26-,27?,31?/m1/s1. The van der Waals surface area contributed by atoms with E-state index in [2.05, 4.69) is 29.1 Å². The number of benzene rings is 1. The molecule has 7 nitrogen and oxygen atoms in total. The van der Waals surface area contributed by atoms with Gasteiger partial charge in [0.15, 0.2) is 0 Å². The Morgan fingerprint density at radius 2 is 1.82 bits per heavy atom. The first-order valence-corrected chi connectivity index (χ1v) is 15.8. The molecule has 3 heterocycles. The predicted molar refractivity (Wildman–Crippen MR) is 166 cm³/mol. The zero-order valence-electron chi connectivity index (χ0n) is 24.2. The number of aryl methyl sites for hydroxylation is 2. The molecule has 4 rings (SSSR count). The topological polar surface area (TPSA) is 81.2 Å². The molecule has 0 radical (unpaired) electrons. The van der Waals surface area contributed by atoms with Crippen LogP contribution < -0.4 is 4.90 Å². The molecule has 2 bridgehead atoms. The number of amides is 3. The summed E-state index contributed by atoms with van der Waals surface area (Å²) in [5, 5.41) is 10.5. The summed E-state index contributed by atoms with van der Waals surface area (Å²) in [6.45, 7) is 16.2. The lowest BCUT2D eigenvalue weighted by Gasteiger charge is -2.40. The van der Waals surface area contributed by atoms with Crippen molar-refractivity contribution in [1.82, 2.24) is 9.80 Å². The van der Waals surface area contributed by atoms with Gasteiger partial charge in [-0.25, -0.2) is 0 Å². The van der Waals surface area contributed by atoms with Gasteiger partial charge in [-0.3, -0.25) is 14.4 Å². The van der Waals surface area contributed by atoms with E-state index in [0.29, 0.717) is 19.4 Å². The van der Waals surface area contributed by atoms with Gasteiger partial charge < -0.3 is 19.8 Å². The predicted octanol–water partition coefficient (Wildman–Crippen LogP) is 4.34. The summed E-state index contributed by atoms with van der Waals surface area (Å²) in [5.41, 5.74) is 2.74. The molecule has 9 heteroatoms. The number of likely N-dealkylation sites (N-methyl/N-ethyl adjacent to an activating group) is 1. The number of para-hydroxylation sites is 1. The molecule has 218 valence electrons. The Morgan fingerprint density at radius 1 is 1.20 bits per heavy atom. The number of rotatable bonds is 11. The largest absolute Gasteiger partial charge is 0.394 e. The summed E-state index contributed by atoms with van der Waals surface area (Å²) in [7, 11) is 1.73. The van der Waals surface area contributed by atoms with Gasteiger partial charge in [-0.15, -0.1) is 24.9 Å². The molecule has 1 aromatic carbocycles. The molecule has 1 aromatic rings. The normalized spacial score (nSPS) is 29.4. The summed E-state index contributed by atoms with van der Waals surface area (Å²) in [4.78, 5) is 48.3. The molecule has 3 unspecified atom stereocenters. The Bertz CT molecular complexity index is 1170. The summed E-state index contributed by atoms with van der Waals surface area (Å²) in [5.74, 6) is -1.49. The fourth-order valence-electron chi connectivity index (χ4n) is 7.18. The SMILES string of the molecule is C=CCN(C)C(=O)[C@H]1[C@@H]2SC3(CC2Br)C(C(=O)N(CC=C)c2c(C)cccc2C)N([C@@H](CO)CC(C)C)C(=O)[C@H]13. The molecular weight excluding hydrogens is 590 g/mol. The molecule has 0 aliphatic carbocycles. The van der Waals surface area contributed by atoms with Crippen molar-refractivity contribution in [3.8, 4) is 0 Å². The van der Waals surface area contributed by atoms with Crippen LogP contribution >= 0.6 is 27.7 Å². The molecule has 1 N–H and O–H groups in total. The van der Waals surface area contributed by atoms with Gasteiger partial charge in [-0.05, 0) is 43.7 Å². The van der Waals surface area contributed by atoms with Crippen molar-refractivity contribution in [3.63, 3.8) is 0 Å². The maximum Gasteiger partial charge on any atom is 0.251 e. The summed E-state index contributed by atoms with van der Waals surface area (Å²) >= 11 is 5.46. The first-order chi connectivity index (χ1) is 18.9. The van der Waals surface area contributed by atoms with Gasteiger partial charge in [-0.2, -0.15) is 0 Å². The average molecular weight is 633 g/mol. The average Bonchev–Trinajstić information content (AvgIpc) is 3.49. The lowest BCUT2D eigenvalue weighted by Crippen LogP contribution is -2.58. The Labute approximate surface area is 251 Å². The minimum absolute atomic E-state index is 0.0198. The van der Waals surface area contributed by atoms with Crippen molar-refractivity contribution >= 4 is 51.1 Å². The van der Waals surface area contributed by atoms with Crippen molar-refractivity contribution < 1.29 is 19.5 Å². The van der Waals surface area contributed by atoms with Crippen LogP contribution in [0.15, 0.2) is 43.5 Å². The molecule has 3 saturated heterocycles. The molecule has 7 atom stereocenters. The van der Waals surface area contributed by atoms with Gasteiger partial charge in [0.05, 0.1) is 29.2 Å². The number of likely N-dealkylation sites (tertiary alicyclic amines) is 1. The molecule has 3 fully saturated rings. The quantitative estimate of drug-likeness (QED) is 0.290. The minimum Gasteiger partial charge on any atom is -0.394 e. The monoisotopic (exact) mass is 631 g/mol. The van der Waals surface area contributed by atoms with E-state index in [1.807, 2.05) is 45.9 Å². The van der Waals surface area contributed by atoms with Gasteiger partial charge in [0, 0.05) is 35.9 Å². The highest BCUT2D eigenvalue weighted by molar-refractivity contribution is 9.09. The van der Waals surface area contributed by atoms with Crippen LogP contribution in [0.2, 0.25) is 0 Å². The third-order valence-electron chi connectivity index (χ3n) is 8.66. The van der Waals surface area contributed by atoms with Crippen LogP contribution in [0.3, 0.4) is 0 Å². The third-order valence-corrected chi connectivity index (χ3v) is 11.9. The van der Waals surface area contributed by atoms with E-state index in [1.54, 1.807) is 45.7 Å². The summed E-state index contributed by atoms with van der Waals surface area (Å²) < 4.78 is -0.789. The second kappa shape index (κ2) is 12.0. The van der Waals surface area contributed by atoms with Crippen LogP contribution in [0.5, 0.6) is 0 Å². The van der Waals surface area contributed by atoms with Crippen molar-refractivity contribution in [2.75, 3.05) is 31.6 Å². The number of anilines is 1. The van der Waals surface area contributed by atoms with Crippen LogP contribution in [0.25, 0.3) is 0 Å². The number of fused-ring (bicyclic) bond motifs is 1. The number of hydrogen-bond acceptors (Lipinski definition) is 5. The van der Waals surface area contributed by atoms with Gasteiger partial charge in [0.1, 0.15) is 6.04 Å². The number of alkyl halides is 1. The number of aliphatic hydroxyl groups is 1. The van der Waals surface area contributed by atoms with Gasteiger partial charge in [0.25, 0.3) is 5.91 Å².